The molecule has 0 aliphatic carbocycles. The van der Waals surface area contributed by atoms with Crippen molar-refractivity contribution >= 4 is 11.7 Å². The number of carbonyl (C=O) groups is 1. The molecule has 0 heterocycles. The zero-order valence-electron chi connectivity index (χ0n) is 11.0. The third-order valence-electron chi connectivity index (χ3n) is 2.80. The summed E-state index contributed by atoms with van der Waals surface area (Å²) in [5.74, 6) is 0.364. The van der Waals surface area contributed by atoms with Crippen LogP contribution in [0.2, 0.25) is 0 Å². The van der Waals surface area contributed by atoms with Crippen molar-refractivity contribution in [3.63, 3.8) is 0 Å². The Hall–Kier alpha value is -2.53. The molecule has 0 saturated heterocycles. The first-order valence-corrected chi connectivity index (χ1v) is 6.00. The Bertz CT molecular complexity index is 625. The number of methoxy groups -OCH3 is 1. The van der Waals surface area contributed by atoms with Crippen LogP contribution in [0.4, 0.5) is 5.69 Å². The summed E-state index contributed by atoms with van der Waals surface area (Å²) in [7, 11) is 1.31. The first kappa shape index (κ1) is 13.9. The minimum atomic E-state index is -0.467. The molecular weight excluding hydrogens is 258 g/mol. The van der Waals surface area contributed by atoms with Crippen molar-refractivity contribution in [2.45, 2.75) is 6.61 Å². The summed E-state index contributed by atoms with van der Waals surface area (Å²) in [6.45, 7) is -0.146. The van der Waals surface area contributed by atoms with Crippen molar-refractivity contribution in [2.24, 2.45) is 0 Å². The monoisotopic (exact) mass is 273 g/mol. The zero-order valence-corrected chi connectivity index (χ0v) is 11.0. The Morgan fingerprint density at radius 2 is 1.95 bits per heavy atom. The minimum Gasteiger partial charge on any atom is -0.465 e. The van der Waals surface area contributed by atoms with Crippen LogP contribution in [0, 0.1) is 0 Å². The van der Waals surface area contributed by atoms with Gasteiger partial charge < -0.3 is 20.3 Å². The number of aliphatic hydroxyl groups excluding tert-OH is 1. The Morgan fingerprint density at radius 3 is 2.65 bits per heavy atom. The summed E-state index contributed by atoms with van der Waals surface area (Å²) in [4.78, 5) is 11.5. The predicted molar refractivity (Wildman–Crippen MR) is 74.6 cm³/mol. The molecule has 3 N–H and O–H groups in total. The van der Waals surface area contributed by atoms with Gasteiger partial charge in [0.15, 0.2) is 5.75 Å². The molecule has 0 saturated carbocycles. The number of hydrogen-bond donors (Lipinski definition) is 2. The minimum absolute atomic E-state index is 0.146. The summed E-state index contributed by atoms with van der Waals surface area (Å²) in [5.41, 5.74) is 7.20. The van der Waals surface area contributed by atoms with E-state index in [9.17, 15) is 9.90 Å². The highest BCUT2D eigenvalue weighted by Gasteiger charge is 2.11. The maximum atomic E-state index is 11.5. The lowest BCUT2D eigenvalue weighted by molar-refractivity contribution is 0.0600. The van der Waals surface area contributed by atoms with Gasteiger partial charge in [-0.3, -0.25) is 0 Å². The van der Waals surface area contributed by atoms with Gasteiger partial charge in [-0.1, -0.05) is 18.2 Å². The normalized spacial score (nSPS) is 10.1. The Balaban J connectivity index is 2.35. The average molecular weight is 273 g/mol. The van der Waals surface area contributed by atoms with Crippen LogP contribution in [0.15, 0.2) is 42.5 Å². The van der Waals surface area contributed by atoms with E-state index in [2.05, 4.69) is 4.74 Å². The molecule has 2 rings (SSSR count). The van der Waals surface area contributed by atoms with E-state index in [1.807, 2.05) is 0 Å². The van der Waals surface area contributed by atoms with Gasteiger partial charge in [-0.25, -0.2) is 4.79 Å². The number of anilines is 1. The molecule has 20 heavy (non-hydrogen) atoms. The Kier molecular flexibility index (Phi) is 4.22. The molecule has 2 aromatic carbocycles. The van der Waals surface area contributed by atoms with Gasteiger partial charge in [-0.15, -0.1) is 0 Å². The van der Waals surface area contributed by atoms with E-state index in [1.54, 1.807) is 36.4 Å². The SMILES string of the molecule is COC(=O)c1ccc(N)c(Oc2ccccc2CO)c1. The smallest absolute Gasteiger partial charge is 0.337 e. The number of esters is 1. The molecule has 5 heteroatoms. The van der Waals surface area contributed by atoms with Crippen LogP contribution in [0.1, 0.15) is 15.9 Å². The fraction of sp³-hybridized carbons (Fsp3) is 0.133. The molecule has 0 spiro atoms. The van der Waals surface area contributed by atoms with Crippen molar-refractivity contribution in [3.8, 4) is 11.5 Å². The molecule has 0 unspecified atom stereocenters. The van der Waals surface area contributed by atoms with Crippen LogP contribution >= 0.6 is 0 Å². The zero-order chi connectivity index (χ0) is 14.5. The molecule has 0 fully saturated rings. The topological polar surface area (TPSA) is 81.8 Å². The van der Waals surface area contributed by atoms with Crippen molar-refractivity contribution in [1.82, 2.24) is 0 Å². The molecule has 0 bridgehead atoms. The van der Waals surface area contributed by atoms with Crippen LogP contribution in [0.3, 0.4) is 0 Å². The highest BCUT2D eigenvalue weighted by molar-refractivity contribution is 5.90. The third-order valence-corrected chi connectivity index (χ3v) is 2.80. The second-order valence-electron chi connectivity index (χ2n) is 4.11. The lowest BCUT2D eigenvalue weighted by atomic mass is 10.2. The number of nitrogens with two attached hydrogens (primary N) is 1. The van der Waals surface area contributed by atoms with E-state index in [-0.39, 0.29) is 6.61 Å². The molecule has 0 radical (unpaired) electrons. The van der Waals surface area contributed by atoms with Gasteiger partial charge >= 0.3 is 5.97 Å². The summed E-state index contributed by atoms with van der Waals surface area (Å²) in [6, 6.07) is 11.7. The standard InChI is InChI=1S/C15H15NO4/c1-19-15(18)10-6-7-12(16)14(8-10)20-13-5-3-2-4-11(13)9-17/h2-8,17H,9,16H2,1H3. The molecule has 0 amide bonds. The van der Waals surface area contributed by atoms with Gasteiger partial charge in [0, 0.05) is 5.56 Å². The van der Waals surface area contributed by atoms with Gasteiger partial charge in [0.2, 0.25) is 0 Å². The van der Waals surface area contributed by atoms with Gasteiger partial charge in [-0.05, 0) is 24.3 Å². The first-order chi connectivity index (χ1) is 9.65. The van der Waals surface area contributed by atoms with Gasteiger partial charge in [-0.2, -0.15) is 0 Å². The summed E-state index contributed by atoms with van der Waals surface area (Å²) in [5, 5.41) is 9.26. The van der Waals surface area contributed by atoms with E-state index in [4.69, 9.17) is 10.5 Å². The molecule has 2 aromatic rings. The third kappa shape index (κ3) is 2.89. The highest BCUT2D eigenvalue weighted by Crippen LogP contribution is 2.30. The Morgan fingerprint density at radius 1 is 1.20 bits per heavy atom. The lowest BCUT2D eigenvalue weighted by Gasteiger charge is -2.12. The van der Waals surface area contributed by atoms with Crippen molar-refractivity contribution in [2.75, 3.05) is 12.8 Å². The molecule has 104 valence electrons. The number of para-hydroxylation sites is 1. The number of benzene rings is 2. The first-order valence-electron chi connectivity index (χ1n) is 6.00. The van der Waals surface area contributed by atoms with Crippen molar-refractivity contribution < 1.29 is 19.4 Å². The van der Waals surface area contributed by atoms with E-state index in [1.165, 1.54) is 13.2 Å². The molecule has 5 nitrogen and oxygen atoms in total. The summed E-state index contributed by atoms with van der Waals surface area (Å²) >= 11 is 0. The maximum Gasteiger partial charge on any atom is 0.337 e. The number of hydrogen-bond acceptors (Lipinski definition) is 5. The lowest BCUT2D eigenvalue weighted by Crippen LogP contribution is -2.03. The second kappa shape index (κ2) is 6.08. The highest BCUT2D eigenvalue weighted by atomic mass is 16.5. The molecule has 0 aromatic heterocycles. The van der Waals surface area contributed by atoms with Gasteiger partial charge in [0.1, 0.15) is 5.75 Å². The molecule has 0 aliphatic heterocycles. The maximum absolute atomic E-state index is 11.5. The Labute approximate surface area is 116 Å². The van der Waals surface area contributed by atoms with Gasteiger partial charge in [0.05, 0.1) is 25.0 Å². The summed E-state index contributed by atoms with van der Waals surface area (Å²) in [6.07, 6.45) is 0. The van der Waals surface area contributed by atoms with E-state index >= 15 is 0 Å². The fourth-order valence-corrected chi connectivity index (χ4v) is 1.72. The van der Waals surface area contributed by atoms with Crippen LogP contribution in [0.5, 0.6) is 11.5 Å². The van der Waals surface area contributed by atoms with Crippen LogP contribution in [-0.4, -0.2) is 18.2 Å². The predicted octanol–water partition coefficient (Wildman–Crippen LogP) is 2.34. The molecule has 0 atom stereocenters. The largest absolute Gasteiger partial charge is 0.465 e. The second-order valence-corrected chi connectivity index (χ2v) is 4.11. The number of ether oxygens (including phenoxy) is 2. The molecule has 0 aliphatic rings. The molecular formula is C15H15NO4. The fourth-order valence-electron chi connectivity index (χ4n) is 1.72. The van der Waals surface area contributed by atoms with E-state index in [0.29, 0.717) is 28.3 Å². The van der Waals surface area contributed by atoms with Crippen LogP contribution in [0.25, 0.3) is 0 Å². The van der Waals surface area contributed by atoms with Gasteiger partial charge in [0.25, 0.3) is 0 Å². The quantitative estimate of drug-likeness (QED) is 0.660. The summed E-state index contributed by atoms with van der Waals surface area (Å²) < 4.78 is 10.3. The van der Waals surface area contributed by atoms with Crippen molar-refractivity contribution in [3.05, 3.63) is 53.6 Å². The van der Waals surface area contributed by atoms with Crippen LogP contribution in [-0.2, 0) is 11.3 Å². The van der Waals surface area contributed by atoms with Crippen molar-refractivity contribution in [1.29, 1.82) is 0 Å². The number of rotatable bonds is 4. The van der Waals surface area contributed by atoms with E-state index < -0.39 is 5.97 Å². The number of aliphatic hydroxyl groups is 1. The number of carbonyl (C=O) groups excluding carboxylic acids is 1. The average Bonchev–Trinajstić information content (AvgIpc) is 2.49. The van der Waals surface area contributed by atoms with Crippen LogP contribution < -0.4 is 10.5 Å². The van der Waals surface area contributed by atoms with E-state index in [0.717, 1.165) is 0 Å². The number of nitrogen functional groups attached to an aromatic ring is 1.